The lowest BCUT2D eigenvalue weighted by atomic mass is 10.3. The molecule has 6 heteroatoms. The van der Waals surface area contributed by atoms with Gasteiger partial charge < -0.3 is 5.11 Å². The summed E-state index contributed by atoms with van der Waals surface area (Å²) in [5, 5.41) is 4.72. The summed E-state index contributed by atoms with van der Waals surface area (Å²) in [6.07, 6.45) is -3.71. The van der Waals surface area contributed by atoms with Crippen molar-refractivity contribution in [3.05, 3.63) is 24.3 Å². The van der Waals surface area contributed by atoms with E-state index in [1.54, 1.807) is 0 Å². The summed E-state index contributed by atoms with van der Waals surface area (Å²) >= 11 is -0.232. The Labute approximate surface area is 81.7 Å². The van der Waals surface area contributed by atoms with Crippen LogP contribution >= 0.6 is 11.8 Å². The van der Waals surface area contributed by atoms with Crippen molar-refractivity contribution in [1.82, 2.24) is 0 Å². The number of hydrogen-bond donors (Lipinski definition) is 1. The van der Waals surface area contributed by atoms with Crippen molar-refractivity contribution in [3.63, 3.8) is 0 Å². The van der Waals surface area contributed by atoms with Crippen molar-refractivity contribution in [2.75, 3.05) is 0 Å². The number of alkyl halides is 4. The molecule has 1 N–H and O–H groups in total. The number of phenolic OH excluding ortho intramolecular Hbond substituents is 1. The average Bonchev–Trinajstić information content (AvgIpc) is 2.08. The standard InChI is InChI=1S/C8H6F4OS/c9-7(10)8(11,12)14-6-3-1-5(13)2-4-6/h1-4,7,13H. The van der Waals surface area contributed by atoms with E-state index in [1.165, 1.54) is 0 Å². The predicted octanol–water partition coefficient (Wildman–Crippen LogP) is 3.34. The SMILES string of the molecule is Oc1ccc(SC(F)(F)C(F)F)cc1. The molecule has 0 aliphatic heterocycles. The van der Waals surface area contributed by atoms with Gasteiger partial charge >= 0.3 is 11.7 Å². The molecule has 0 aliphatic rings. The predicted molar refractivity (Wildman–Crippen MR) is 44.9 cm³/mol. The van der Waals surface area contributed by atoms with E-state index in [4.69, 9.17) is 5.11 Å². The number of aromatic hydroxyl groups is 1. The first kappa shape index (κ1) is 11.2. The molecule has 0 saturated carbocycles. The van der Waals surface area contributed by atoms with Crippen molar-refractivity contribution >= 4 is 11.8 Å². The van der Waals surface area contributed by atoms with E-state index in [2.05, 4.69) is 0 Å². The minimum Gasteiger partial charge on any atom is -0.508 e. The van der Waals surface area contributed by atoms with Crippen LogP contribution in [0.3, 0.4) is 0 Å². The summed E-state index contributed by atoms with van der Waals surface area (Å²) in [4.78, 5) is -0.0203. The van der Waals surface area contributed by atoms with Gasteiger partial charge in [0.1, 0.15) is 5.75 Å². The van der Waals surface area contributed by atoms with Crippen molar-refractivity contribution in [2.45, 2.75) is 16.6 Å². The molecule has 0 fully saturated rings. The molecule has 0 amide bonds. The molecule has 1 aromatic rings. The monoisotopic (exact) mass is 226 g/mol. The molecule has 0 atom stereocenters. The second-order valence-electron chi connectivity index (χ2n) is 2.46. The molecule has 0 unspecified atom stereocenters. The van der Waals surface area contributed by atoms with Crippen LogP contribution in [0.15, 0.2) is 29.2 Å². The summed E-state index contributed by atoms with van der Waals surface area (Å²) in [5.41, 5.74) is 0. The molecular weight excluding hydrogens is 220 g/mol. The van der Waals surface area contributed by atoms with E-state index in [1.807, 2.05) is 0 Å². The average molecular weight is 226 g/mol. The van der Waals surface area contributed by atoms with Crippen LogP contribution in [-0.4, -0.2) is 16.8 Å². The fourth-order valence-electron chi connectivity index (χ4n) is 0.716. The van der Waals surface area contributed by atoms with Gasteiger partial charge in [-0.1, -0.05) is 0 Å². The van der Waals surface area contributed by atoms with Crippen LogP contribution in [0.1, 0.15) is 0 Å². The molecule has 0 spiro atoms. The molecule has 0 saturated heterocycles. The zero-order valence-corrected chi connectivity index (χ0v) is 7.57. The second-order valence-corrected chi connectivity index (χ2v) is 3.68. The third-order valence-electron chi connectivity index (χ3n) is 1.34. The molecule has 0 bridgehead atoms. The van der Waals surface area contributed by atoms with E-state index < -0.39 is 11.7 Å². The van der Waals surface area contributed by atoms with Gasteiger partial charge in [0.05, 0.1) is 0 Å². The van der Waals surface area contributed by atoms with Crippen LogP contribution in [0.25, 0.3) is 0 Å². The van der Waals surface area contributed by atoms with E-state index in [-0.39, 0.29) is 22.4 Å². The Morgan fingerprint density at radius 1 is 1.14 bits per heavy atom. The number of thioether (sulfide) groups is 1. The Morgan fingerprint density at radius 3 is 2.07 bits per heavy atom. The molecule has 1 nitrogen and oxygen atoms in total. The third-order valence-corrected chi connectivity index (χ3v) is 2.30. The Bertz CT molecular complexity index is 299. The first-order chi connectivity index (χ1) is 6.42. The molecule has 14 heavy (non-hydrogen) atoms. The summed E-state index contributed by atoms with van der Waals surface area (Å²) in [6.45, 7) is 0. The molecule has 1 aromatic carbocycles. The van der Waals surface area contributed by atoms with Crippen LogP contribution in [0.5, 0.6) is 5.75 Å². The van der Waals surface area contributed by atoms with Crippen molar-refractivity contribution in [2.24, 2.45) is 0 Å². The zero-order valence-electron chi connectivity index (χ0n) is 6.75. The topological polar surface area (TPSA) is 20.2 Å². The number of phenols is 1. The normalized spacial score (nSPS) is 12.1. The van der Waals surface area contributed by atoms with Gasteiger partial charge in [-0.25, -0.2) is 8.78 Å². The maximum absolute atomic E-state index is 12.5. The van der Waals surface area contributed by atoms with Gasteiger partial charge in [0.15, 0.2) is 0 Å². The van der Waals surface area contributed by atoms with Crippen molar-refractivity contribution < 1.29 is 22.7 Å². The maximum atomic E-state index is 12.5. The lowest BCUT2D eigenvalue weighted by molar-refractivity contribution is -0.0563. The Kier molecular flexibility index (Phi) is 3.25. The number of benzene rings is 1. The van der Waals surface area contributed by atoms with Gasteiger partial charge in [-0.3, -0.25) is 0 Å². The Balaban J connectivity index is 2.74. The van der Waals surface area contributed by atoms with Gasteiger partial charge in [0.25, 0.3) is 0 Å². The van der Waals surface area contributed by atoms with Crippen LogP contribution in [0.2, 0.25) is 0 Å². The molecule has 1 rings (SSSR count). The fourth-order valence-corrected chi connectivity index (χ4v) is 1.39. The van der Waals surface area contributed by atoms with Crippen LogP contribution < -0.4 is 0 Å². The van der Waals surface area contributed by atoms with Crippen LogP contribution in [0, 0.1) is 0 Å². The highest BCUT2D eigenvalue weighted by Crippen LogP contribution is 2.40. The first-order valence-corrected chi connectivity index (χ1v) is 4.37. The highest BCUT2D eigenvalue weighted by molar-refractivity contribution is 8.00. The minimum absolute atomic E-state index is 0.0203. The van der Waals surface area contributed by atoms with Crippen molar-refractivity contribution in [1.29, 1.82) is 0 Å². The summed E-state index contributed by atoms with van der Waals surface area (Å²) < 4.78 is 48.5. The van der Waals surface area contributed by atoms with E-state index >= 15 is 0 Å². The fraction of sp³-hybridized carbons (Fsp3) is 0.250. The maximum Gasteiger partial charge on any atom is 0.357 e. The smallest absolute Gasteiger partial charge is 0.357 e. The van der Waals surface area contributed by atoms with Gasteiger partial charge in [-0.05, 0) is 36.0 Å². The van der Waals surface area contributed by atoms with Gasteiger partial charge in [-0.15, -0.1) is 0 Å². The lowest BCUT2D eigenvalue weighted by Crippen LogP contribution is -2.21. The summed E-state index contributed by atoms with van der Waals surface area (Å²) in [6, 6.07) is 4.61. The van der Waals surface area contributed by atoms with Crippen molar-refractivity contribution in [3.8, 4) is 5.75 Å². The van der Waals surface area contributed by atoms with Crippen LogP contribution in [0.4, 0.5) is 17.6 Å². The summed E-state index contributed by atoms with van der Waals surface area (Å²) in [5.74, 6) is -0.102. The third kappa shape index (κ3) is 2.80. The summed E-state index contributed by atoms with van der Waals surface area (Å²) in [7, 11) is 0. The molecule has 0 radical (unpaired) electrons. The van der Waals surface area contributed by atoms with Crippen LogP contribution in [-0.2, 0) is 0 Å². The van der Waals surface area contributed by atoms with Gasteiger partial charge in [0, 0.05) is 4.90 Å². The number of rotatable bonds is 3. The highest BCUT2D eigenvalue weighted by atomic mass is 32.2. The second kappa shape index (κ2) is 4.08. The van der Waals surface area contributed by atoms with E-state index in [0.717, 1.165) is 24.3 Å². The van der Waals surface area contributed by atoms with E-state index in [0.29, 0.717) is 0 Å². The lowest BCUT2D eigenvalue weighted by Gasteiger charge is -2.13. The van der Waals surface area contributed by atoms with E-state index in [9.17, 15) is 17.6 Å². The first-order valence-electron chi connectivity index (χ1n) is 3.56. The molecule has 0 aliphatic carbocycles. The minimum atomic E-state index is -4.10. The number of hydrogen-bond acceptors (Lipinski definition) is 2. The number of halogens is 4. The largest absolute Gasteiger partial charge is 0.508 e. The molecule has 78 valence electrons. The molecule has 0 heterocycles. The highest BCUT2D eigenvalue weighted by Gasteiger charge is 2.41. The van der Waals surface area contributed by atoms with Gasteiger partial charge in [0.2, 0.25) is 0 Å². The zero-order chi connectivity index (χ0) is 10.8. The van der Waals surface area contributed by atoms with Gasteiger partial charge in [-0.2, -0.15) is 8.78 Å². The Morgan fingerprint density at radius 2 is 1.64 bits per heavy atom. The molecular formula is C8H6F4OS. The Hall–Kier alpha value is -0.910. The molecule has 0 aromatic heterocycles. The quantitative estimate of drug-likeness (QED) is 0.630.